The van der Waals surface area contributed by atoms with E-state index >= 15 is 0 Å². The van der Waals surface area contributed by atoms with Crippen molar-refractivity contribution in [1.29, 1.82) is 0 Å². The first kappa shape index (κ1) is 20.2. The molecule has 0 unspecified atom stereocenters. The molecule has 0 spiro atoms. The van der Waals surface area contributed by atoms with Gasteiger partial charge in [0.2, 0.25) is 5.91 Å². The number of carbonyl (C=O) groups is 1. The summed E-state index contributed by atoms with van der Waals surface area (Å²) in [5.41, 5.74) is 2.09. The van der Waals surface area contributed by atoms with Gasteiger partial charge in [0.05, 0.1) is 18.9 Å². The highest BCUT2D eigenvalue weighted by Crippen LogP contribution is 2.34. The number of amides is 1. The van der Waals surface area contributed by atoms with Gasteiger partial charge in [-0.3, -0.25) is 9.59 Å². The van der Waals surface area contributed by atoms with Gasteiger partial charge in [-0.05, 0) is 50.2 Å². The van der Waals surface area contributed by atoms with Gasteiger partial charge in [-0.1, -0.05) is 18.2 Å². The van der Waals surface area contributed by atoms with E-state index in [1.807, 2.05) is 29.2 Å². The van der Waals surface area contributed by atoms with Crippen molar-refractivity contribution in [3.63, 3.8) is 0 Å². The number of nitrogens with one attached hydrogen (secondary N) is 1. The van der Waals surface area contributed by atoms with Crippen LogP contribution in [-0.4, -0.2) is 41.0 Å². The Bertz CT molecular complexity index is 1180. The van der Waals surface area contributed by atoms with E-state index in [4.69, 9.17) is 9.72 Å². The third kappa shape index (κ3) is 3.87. The Morgan fingerprint density at radius 2 is 2.10 bits per heavy atom. The summed E-state index contributed by atoms with van der Waals surface area (Å²) in [4.78, 5) is 38.0. The van der Waals surface area contributed by atoms with Crippen LogP contribution in [0.25, 0.3) is 10.2 Å². The highest BCUT2D eigenvalue weighted by Gasteiger charge is 2.28. The summed E-state index contributed by atoms with van der Waals surface area (Å²) in [7, 11) is 1.63. The zero-order valence-electron chi connectivity index (χ0n) is 17.8. The second-order valence-electron chi connectivity index (χ2n) is 8.51. The number of thiophene rings is 1. The van der Waals surface area contributed by atoms with Crippen LogP contribution in [0, 0.1) is 0 Å². The number of aromatic amines is 1. The molecule has 7 heteroatoms. The molecule has 162 valence electrons. The van der Waals surface area contributed by atoms with Crippen LogP contribution in [0.4, 0.5) is 0 Å². The van der Waals surface area contributed by atoms with Crippen LogP contribution >= 0.6 is 11.3 Å². The van der Waals surface area contributed by atoms with E-state index < -0.39 is 0 Å². The van der Waals surface area contributed by atoms with Gasteiger partial charge in [-0.15, -0.1) is 11.3 Å². The van der Waals surface area contributed by atoms with Gasteiger partial charge in [0.15, 0.2) is 0 Å². The second kappa shape index (κ2) is 8.46. The second-order valence-corrected chi connectivity index (χ2v) is 9.59. The van der Waals surface area contributed by atoms with Crippen molar-refractivity contribution in [2.75, 3.05) is 20.2 Å². The van der Waals surface area contributed by atoms with Crippen LogP contribution in [0.15, 0.2) is 29.1 Å². The smallest absolute Gasteiger partial charge is 0.259 e. The van der Waals surface area contributed by atoms with Gasteiger partial charge in [0.25, 0.3) is 5.56 Å². The Hall–Kier alpha value is -2.67. The normalized spacial score (nSPS) is 18.7. The molecule has 1 aliphatic carbocycles. The SMILES string of the molecule is COc1ccccc1CC(=O)N1CCC[C@H](c2nc3sc4c(c3c(=O)[nH]2)CCCC4)C1. The van der Waals surface area contributed by atoms with E-state index in [0.717, 1.165) is 66.0 Å². The largest absolute Gasteiger partial charge is 0.496 e. The van der Waals surface area contributed by atoms with Crippen molar-refractivity contribution in [3.8, 4) is 5.75 Å². The molecular weight excluding hydrogens is 410 g/mol. The Kier molecular flexibility index (Phi) is 5.52. The number of methoxy groups -OCH3 is 1. The number of hydrogen-bond donors (Lipinski definition) is 1. The number of nitrogens with zero attached hydrogens (tertiary/aromatic N) is 2. The predicted octanol–water partition coefficient (Wildman–Crippen LogP) is 3.82. The highest BCUT2D eigenvalue weighted by molar-refractivity contribution is 7.18. The number of likely N-dealkylation sites (tertiary alicyclic amines) is 1. The molecular formula is C24H27N3O3S. The standard InChI is InChI=1S/C24H27N3O3S/c1-30-18-10-4-2-7-15(18)13-20(28)27-12-6-8-16(14-27)22-25-23(29)21-17-9-3-5-11-19(17)31-24(21)26-22/h2,4,7,10,16H,3,5-6,8-9,11-14H2,1H3,(H,25,26,29)/t16-/m0/s1. The maximum Gasteiger partial charge on any atom is 0.259 e. The molecule has 31 heavy (non-hydrogen) atoms. The summed E-state index contributed by atoms with van der Waals surface area (Å²) >= 11 is 1.68. The number of piperidine rings is 1. The monoisotopic (exact) mass is 437 g/mol. The summed E-state index contributed by atoms with van der Waals surface area (Å²) in [6.45, 7) is 1.33. The highest BCUT2D eigenvalue weighted by atomic mass is 32.1. The number of rotatable bonds is 4. The third-order valence-electron chi connectivity index (χ3n) is 6.54. The van der Waals surface area contributed by atoms with Crippen molar-refractivity contribution in [2.24, 2.45) is 0 Å². The summed E-state index contributed by atoms with van der Waals surface area (Å²) in [5, 5.41) is 0.795. The number of H-pyrrole nitrogens is 1. The lowest BCUT2D eigenvalue weighted by Gasteiger charge is -2.32. The minimum absolute atomic E-state index is 0.0168. The molecule has 3 aromatic rings. The fraction of sp³-hybridized carbons (Fsp3) is 0.458. The van der Waals surface area contributed by atoms with Crippen molar-refractivity contribution in [1.82, 2.24) is 14.9 Å². The molecule has 1 amide bonds. The molecule has 1 saturated heterocycles. The topological polar surface area (TPSA) is 75.3 Å². The molecule has 3 heterocycles. The van der Waals surface area contributed by atoms with Crippen LogP contribution < -0.4 is 10.3 Å². The summed E-state index contributed by atoms with van der Waals surface area (Å²) in [6.07, 6.45) is 6.52. The van der Waals surface area contributed by atoms with Crippen molar-refractivity contribution in [2.45, 2.75) is 50.9 Å². The minimum atomic E-state index is -0.0168. The zero-order chi connectivity index (χ0) is 21.4. The first-order valence-electron chi connectivity index (χ1n) is 11.1. The number of fused-ring (bicyclic) bond motifs is 3. The molecule has 0 saturated carbocycles. The molecule has 1 aliphatic heterocycles. The molecule has 2 aromatic heterocycles. The molecule has 5 rings (SSSR count). The van der Waals surface area contributed by atoms with E-state index in [2.05, 4.69) is 4.98 Å². The average molecular weight is 438 g/mol. The Morgan fingerprint density at radius 3 is 2.97 bits per heavy atom. The number of benzene rings is 1. The maximum atomic E-state index is 13.0. The van der Waals surface area contributed by atoms with Gasteiger partial charge in [0.1, 0.15) is 16.4 Å². The molecule has 0 bridgehead atoms. The Labute approximate surface area is 185 Å². The predicted molar refractivity (Wildman–Crippen MR) is 122 cm³/mol. The molecule has 2 aliphatic rings. The van der Waals surface area contributed by atoms with Crippen LogP contribution in [0.5, 0.6) is 5.75 Å². The van der Waals surface area contributed by atoms with Crippen molar-refractivity contribution < 1.29 is 9.53 Å². The van der Waals surface area contributed by atoms with E-state index in [1.54, 1.807) is 18.4 Å². The lowest BCUT2D eigenvalue weighted by atomic mass is 9.95. The summed E-state index contributed by atoms with van der Waals surface area (Å²) in [5.74, 6) is 1.62. The quantitative estimate of drug-likeness (QED) is 0.673. The zero-order valence-corrected chi connectivity index (χ0v) is 18.6. The number of ether oxygens (including phenoxy) is 1. The van der Waals surface area contributed by atoms with E-state index in [0.29, 0.717) is 13.0 Å². The summed E-state index contributed by atoms with van der Waals surface area (Å²) in [6, 6.07) is 7.65. The number of aryl methyl sites for hydroxylation is 2. The van der Waals surface area contributed by atoms with E-state index in [9.17, 15) is 9.59 Å². The van der Waals surface area contributed by atoms with Crippen molar-refractivity contribution >= 4 is 27.5 Å². The van der Waals surface area contributed by atoms with Gasteiger partial charge in [-0.2, -0.15) is 0 Å². The van der Waals surface area contributed by atoms with Gasteiger partial charge >= 0.3 is 0 Å². The Balaban J connectivity index is 1.37. The van der Waals surface area contributed by atoms with Crippen LogP contribution in [0.3, 0.4) is 0 Å². The number of hydrogen-bond acceptors (Lipinski definition) is 5. The van der Waals surface area contributed by atoms with Crippen LogP contribution in [-0.2, 0) is 24.1 Å². The fourth-order valence-corrected chi connectivity index (χ4v) is 6.19. The van der Waals surface area contributed by atoms with Crippen molar-refractivity contribution in [3.05, 3.63) is 56.4 Å². The molecule has 1 N–H and O–H groups in total. The first-order valence-corrected chi connectivity index (χ1v) is 11.9. The fourth-order valence-electron chi connectivity index (χ4n) is 4.92. The third-order valence-corrected chi connectivity index (χ3v) is 7.72. The molecule has 1 aromatic carbocycles. The lowest BCUT2D eigenvalue weighted by Crippen LogP contribution is -2.40. The Morgan fingerprint density at radius 1 is 1.26 bits per heavy atom. The molecule has 6 nitrogen and oxygen atoms in total. The molecule has 1 atom stereocenters. The van der Waals surface area contributed by atoms with Crippen LogP contribution in [0.1, 0.15) is 53.4 Å². The summed E-state index contributed by atoms with van der Waals surface area (Å²) < 4.78 is 5.39. The minimum Gasteiger partial charge on any atom is -0.496 e. The van der Waals surface area contributed by atoms with Gasteiger partial charge < -0.3 is 14.6 Å². The van der Waals surface area contributed by atoms with E-state index in [-0.39, 0.29) is 17.4 Å². The average Bonchev–Trinajstić information content (AvgIpc) is 3.18. The number of para-hydroxylation sites is 1. The lowest BCUT2D eigenvalue weighted by molar-refractivity contribution is -0.131. The first-order chi connectivity index (χ1) is 15.1. The number of carbonyl (C=O) groups excluding carboxylic acids is 1. The van der Waals surface area contributed by atoms with Gasteiger partial charge in [-0.25, -0.2) is 4.98 Å². The van der Waals surface area contributed by atoms with Gasteiger partial charge in [0, 0.05) is 29.4 Å². The maximum absolute atomic E-state index is 13.0. The number of aromatic nitrogens is 2. The van der Waals surface area contributed by atoms with Crippen LogP contribution in [0.2, 0.25) is 0 Å². The molecule has 1 fully saturated rings. The molecule has 0 radical (unpaired) electrons. The van der Waals surface area contributed by atoms with E-state index in [1.165, 1.54) is 16.9 Å².